The number of hydrogen-bond donors (Lipinski definition) is 3. The van der Waals surface area contributed by atoms with Crippen LogP contribution in [0.1, 0.15) is 29.6 Å². The number of aryl methyl sites for hydroxylation is 3. The summed E-state index contributed by atoms with van der Waals surface area (Å²) < 4.78 is 18.6. The van der Waals surface area contributed by atoms with Crippen LogP contribution in [-0.2, 0) is 15.2 Å². The highest BCUT2D eigenvalue weighted by atomic mass is 19.1. The number of anilines is 1. The normalized spacial score (nSPS) is 13.2. The summed E-state index contributed by atoms with van der Waals surface area (Å²) in [5.41, 5.74) is -0.0223. The Morgan fingerprint density at radius 3 is 2.48 bits per heavy atom. The summed E-state index contributed by atoms with van der Waals surface area (Å²) >= 11 is 0. The van der Waals surface area contributed by atoms with E-state index in [9.17, 15) is 19.1 Å². The van der Waals surface area contributed by atoms with Crippen LogP contribution in [0.15, 0.2) is 28.7 Å². The van der Waals surface area contributed by atoms with Gasteiger partial charge in [0.25, 0.3) is 0 Å². The van der Waals surface area contributed by atoms with Gasteiger partial charge in [-0.1, -0.05) is 6.07 Å². The van der Waals surface area contributed by atoms with Gasteiger partial charge in [0.2, 0.25) is 0 Å². The van der Waals surface area contributed by atoms with Crippen LogP contribution < -0.4 is 10.6 Å². The van der Waals surface area contributed by atoms with Gasteiger partial charge < -0.3 is 20.2 Å². The molecule has 6 nitrogen and oxygen atoms in total. The molecular formula is C18H21FN2O4. The average molecular weight is 348 g/mol. The third-order valence-corrected chi connectivity index (χ3v) is 3.87. The lowest BCUT2D eigenvalue weighted by molar-refractivity contribution is -0.136. The van der Waals surface area contributed by atoms with Crippen molar-refractivity contribution in [3.63, 3.8) is 0 Å². The van der Waals surface area contributed by atoms with Crippen LogP contribution >= 0.6 is 0 Å². The smallest absolute Gasteiger partial charge is 0.313 e. The van der Waals surface area contributed by atoms with Crippen LogP contribution in [-0.4, -0.2) is 23.5 Å². The lowest BCUT2D eigenvalue weighted by atomic mass is 9.96. The van der Waals surface area contributed by atoms with Gasteiger partial charge in [0.15, 0.2) is 0 Å². The molecule has 7 heteroatoms. The Morgan fingerprint density at radius 1 is 1.20 bits per heavy atom. The van der Waals surface area contributed by atoms with Crippen molar-refractivity contribution in [3.8, 4) is 0 Å². The number of nitrogens with one attached hydrogen (secondary N) is 2. The second kappa shape index (κ2) is 7.06. The fraction of sp³-hybridized carbons (Fsp3) is 0.333. The molecule has 2 amide bonds. The van der Waals surface area contributed by atoms with Gasteiger partial charge in [-0.25, -0.2) is 4.39 Å². The first kappa shape index (κ1) is 18.7. The maximum Gasteiger partial charge on any atom is 0.313 e. The van der Waals surface area contributed by atoms with Crippen LogP contribution in [0.3, 0.4) is 0 Å². The summed E-state index contributed by atoms with van der Waals surface area (Å²) in [6.07, 6.45) is 0. The largest absolute Gasteiger partial charge is 0.466 e. The molecule has 1 heterocycles. The molecule has 0 aliphatic heterocycles. The molecule has 0 spiro atoms. The maximum absolute atomic E-state index is 13.2. The minimum absolute atomic E-state index is 0.179. The van der Waals surface area contributed by atoms with E-state index in [4.69, 9.17) is 4.42 Å². The number of carbonyl (C=O) groups excluding carboxylic acids is 2. The Morgan fingerprint density at radius 2 is 1.88 bits per heavy atom. The fourth-order valence-corrected chi connectivity index (χ4v) is 2.50. The molecule has 3 N–H and O–H groups in total. The topological polar surface area (TPSA) is 91.6 Å². The van der Waals surface area contributed by atoms with Gasteiger partial charge in [-0.05, 0) is 51.5 Å². The lowest BCUT2D eigenvalue weighted by Gasteiger charge is -2.23. The summed E-state index contributed by atoms with van der Waals surface area (Å²) in [6, 6.07) is 5.57. The minimum atomic E-state index is -1.40. The summed E-state index contributed by atoms with van der Waals surface area (Å²) in [6.45, 7) is 6.47. The van der Waals surface area contributed by atoms with Crippen molar-refractivity contribution in [2.24, 2.45) is 0 Å². The number of benzene rings is 1. The number of rotatable bonds is 4. The Bertz CT molecular complexity index is 811. The van der Waals surface area contributed by atoms with Gasteiger partial charge in [0.1, 0.15) is 22.9 Å². The van der Waals surface area contributed by atoms with E-state index >= 15 is 0 Å². The molecule has 0 aliphatic rings. The second-order valence-corrected chi connectivity index (χ2v) is 6.20. The second-order valence-electron chi connectivity index (χ2n) is 6.20. The van der Waals surface area contributed by atoms with Crippen molar-refractivity contribution in [1.82, 2.24) is 5.32 Å². The molecule has 0 radical (unpaired) electrons. The highest BCUT2D eigenvalue weighted by Crippen LogP contribution is 2.26. The zero-order chi connectivity index (χ0) is 18.8. The maximum atomic E-state index is 13.2. The Labute approximate surface area is 145 Å². The van der Waals surface area contributed by atoms with Gasteiger partial charge in [-0.3, -0.25) is 9.59 Å². The Hall–Kier alpha value is -2.67. The summed E-state index contributed by atoms with van der Waals surface area (Å²) in [7, 11) is 0. The van der Waals surface area contributed by atoms with Crippen LogP contribution in [0, 0.1) is 26.6 Å². The van der Waals surface area contributed by atoms with Crippen LogP contribution in [0.2, 0.25) is 0 Å². The molecule has 0 fully saturated rings. The third kappa shape index (κ3) is 4.45. The van der Waals surface area contributed by atoms with Gasteiger partial charge in [-0.2, -0.15) is 0 Å². The molecule has 25 heavy (non-hydrogen) atoms. The van der Waals surface area contributed by atoms with Crippen LogP contribution in [0.4, 0.5) is 10.1 Å². The number of hydrogen-bond acceptors (Lipinski definition) is 4. The lowest BCUT2D eigenvalue weighted by Crippen LogP contribution is -2.43. The van der Waals surface area contributed by atoms with E-state index < -0.39 is 23.2 Å². The standard InChI is InChI=1S/C18H21FN2O4/c1-10-5-6-13(19)8-15(10)21-17(23)16(22)20-9-18(4,24)14-7-11(2)25-12(14)3/h5-8,24H,9H2,1-4H3,(H,20,22)(H,21,23). The fourth-order valence-electron chi connectivity index (χ4n) is 2.50. The molecule has 1 aromatic carbocycles. The van der Waals surface area contributed by atoms with Crippen molar-refractivity contribution < 1.29 is 23.5 Å². The highest BCUT2D eigenvalue weighted by molar-refractivity contribution is 6.39. The summed E-state index contributed by atoms with van der Waals surface area (Å²) in [4.78, 5) is 23.9. The Kier molecular flexibility index (Phi) is 5.27. The molecule has 1 aromatic heterocycles. The van der Waals surface area contributed by atoms with Gasteiger partial charge in [0, 0.05) is 11.3 Å². The van der Waals surface area contributed by atoms with E-state index in [1.807, 2.05) is 0 Å². The molecule has 1 unspecified atom stereocenters. The summed E-state index contributed by atoms with van der Waals surface area (Å²) in [5, 5.41) is 15.3. The highest BCUT2D eigenvalue weighted by Gasteiger charge is 2.29. The van der Waals surface area contributed by atoms with Crippen molar-refractivity contribution in [2.75, 3.05) is 11.9 Å². The number of halogens is 1. The van der Waals surface area contributed by atoms with Crippen LogP contribution in [0.5, 0.6) is 0 Å². The number of aliphatic hydroxyl groups is 1. The third-order valence-electron chi connectivity index (χ3n) is 3.87. The first-order valence-corrected chi connectivity index (χ1v) is 7.75. The van der Waals surface area contributed by atoms with Crippen molar-refractivity contribution >= 4 is 17.5 Å². The summed E-state index contributed by atoms with van der Waals surface area (Å²) in [5.74, 6) is -1.21. The SMILES string of the molecule is Cc1cc(C(C)(O)CNC(=O)C(=O)Nc2cc(F)ccc2C)c(C)o1. The quantitative estimate of drug-likeness (QED) is 0.740. The number of furan rings is 1. The van der Waals surface area contributed by atoms with E-state index in [2.05, 4.69) is 10.6 Å². The van der Waals surface area contributed by atoms with E-state index in [0.717, 1.165) is 6.07 Å². The van der Waals surface area contributed by atoms with Crippen molar-refractivity contribution in [2.45, 2.75) is 33.3 Å². The van der Waals surface area contributed by atoms with Crippen molar-refractivity contribution in [3.05, 3.63) is 52.7 Å². The minimum Gasteiger partial charge on any atom is -0.466 e. The molecule has 1 atom stereocenters. The molecule has 2 rings (SSSR count). The molecule has 0 aliphatic carbocycles. The Balaban J connectivity index is 2.00. The zero-order valence-corrected chi connectivity index (χ0v) is 14.6. The van der Waals surface area contributed by atoms with Gasteiger partial charge in [0.05, 0.1) is 6.54 Å². The number of amides is 2. The molecular weight excluding hydrogens is 327 g/mol. The van der Waals surface area contributed by atoms with Gasteiger partial charge >= 0.3 is 11.8 Å². The average Bonchev–Trinajstić information content (AvgIpc) is 2.88. The molecule has 0 saturated heterocycles. The molecule has 134 valence electrons. The number of carbonyl (C=O) groups is 2. The van der Waals surface area contributed by atoms with E-state index in [-0.39, 0.29) is 12.2 Å². The predicted octanol–water partition coefficient (Wildman–Crippen LogP) is 2.31. The van der Waals surface area contributed by atoms with Crippen molar-refractivity contribution in [1.29, 1.82) is 0 Å². The van der Waals surface area contributed by atoms with Crippen LogP contribution in [0.25, 0.3) is 0 Å². The van der Waals surface area contributed by atoms with Gasteiger partial charge in [-0.15, -0.1) is 0 Å². The van der Waals surface area contributed by atoms with E-state index in [1.165, 1.54) is 19.1 Å². The first-order valence-electron chi connectivity index (χ1n) is 7.75. The molecule has 0 bridgehead atoms. The predicted molar refractivity (Wildman–Crippen MR) is 90.5 cm³/mol. The van der Waals surface area contributed by atoms with E-state index in [1.54, 1.807) is 26.8 Å². The molecule has 2 aromatic rings. The van der Waals surface area contributed by atoms with E-state index in [0.29, 0.717) is 22.6 Å². The monoisotopic (exact) mass is 348 g/mol. The zero-order valence-electron chi connectivity index (χ0n) is 14.6. The molecule has 0 saturated carbocycles. The first-order chi connectivity index (χ1) is 11.6.